The van der Waals surface area contributed by atoms with E-state index in [-0.39, 0.29) is 24.0 Å². The Hall–Kier alpha value is -1.67. The van der Waals surface area contributed by atoms with Crippen molar-refractivity contribution in [3.63, 3.8) is 0 Å². The maximum atomic E-state index is 5.95. The van der Waals surface area contributed by atoms with Gasteiger partial charge in [0.05, 0.1) is 14.2 Å². The molecule has 0 aliphatic rings. The van der Waals surface area contributed by atoms with Crippen LogP contribution in [0.1, 0.15) is 5.56 Å². The predicted molar refractivity (Wildman–Crippen MR) is 110 cm³/mol. The number of benzene rings is 2. The molecule has 2 aromatic rings. The van der Waals surface area contributed by atoms with Gasteiger partial charge >= 0.3 is 0 Å². The van der Waals surface area contributed by atoms with Gasteiger partial charge in [0.15, 0.2) is 17.5 Å². The summed E-state index contributed by atoms with van der Waals surface area (Å²) in [4.78, 5) is 4.31. The summed E-state index contributed by atoms with van der Waals surface area (Å²) in [6.45, 7) is 0.576. The molecule has 0 aliphatic heterocycles. The molecule has 0 fully saturated rings. The second kappa shape index (κ2) is 10.2. The lowest BCUT2D eigenvalue weighted by Crippen LogP contribution is -2.23. The van der Waals surface area contributed by atoms with Gasteiger partial charge in [-0.1, -0.05) is 23.7 Å². The molecule has 0 atom stereocenters. The van der Waals surface area contributed by atoms with Crippen LogP contribution in [-0.2, 0) is 6.42 Å². The van der Waals surface area contributed by atoms with Gasteiger partial charge in [-0.05, 0) is 36.2 Å². The monoisotopic (exact) mass is 461 g/mol. The molecule has 0 heterocycles. The highest BCUT2D eigenvalue weighted by Gasteiger charge is 2.05. The molecular formula is C17H21ClIN3O2. The van der Waals surface area contributed by atoms with Gasteiger partial charge in [0, 0.05) is 23.3 Å². The van der Waals surface area contributed by atoms with Gasteiger partial charge in [-0.25, -0.2) is 0 Å². The van der Waals surface area contributed by atoms with Crippen LogP contribution >= 0.6 is 35.6 Å². The number of aliphatic imine (C=N–C) groups is 1. The highest BCUT2D eigenvalue weighted by Crippen LogP contribution is 2.29. The number of guanidine groups is 1. The minimum absolute atomic E-state index is 0. The van der Waals surface area contributed by atoms with Gasteiger partial charge in [-0.2, -0.15) is 0 Å². The molecule has 0 aromatic heterocycles. The third-order valence-electron chi connectivity index (χ3n) is 3.23. The average Bonchev–Trinajstić information content (AvgIpc) is 2.54. The van der Waals surface area contributed by atoms with Gasteiger partial charge in [-0.3, -0.25) is 4.99 Å². The Bertz CT molecular complexity index is 695. The molecule has 5 nitrogen and oxygen atoms in total. The average molecular weight is 462 g/mol. The maximum Gasteiger partial charge on any atom is 0.193 e. The van der Waals surface area contributed by atoms with E-state index in [9.17, 15) is 0 Å². The third-order valence-corrected chi connectivity index (χ3v) is 3.46. The van der Waals surface area contributed by atoms with Crippen molar-refractivity contribution in [2.45, 2.75) is 6.42 Å². The normalized spacial score (nSPS) is 10.7. The van der Waals surface area contributed by atoms with Crippen molar-refractivity contribution in [3.8, 4) is 11.5 Å². The first kappa shape index (κ1) is 20.4. The van der Waals surface area contributed by atoms with Crippen LogP contribution < -0.4 is 20.5 Å². The molecule has 3 N–H and O–H groups in total. The number of nitrogens with two attached hydrogens (primary N) is 1. The fraction of sp³-hybridized carbons (Fsp3) is 0.235. The van der Waals surface area contributed by atoms with Crippen LogP contribution in [-0.4, -0.2) is 26.7 Å². The largest absolute Gasteiger partial charge is 0.493 e. The van der Waals surface area contributed by atoms with E-state index < -0.39 is 0 Å². The summed E-state index contributed by atoms with van der Waals surface area (Å²) in [6, 6.07) is 13.2. The van der Waals surface area contributed by atoms with Gasteiger partial charge in [0.1, 0.15) is 0 Å². The summed E-state index contributed by atoms with van der Waals surface area (Å²) in [5, 5.41) is 3.76. The van der Waals surface area contributed by atoms with Crippen molar-refractivity contribution in [3.05, 3.63) is 53.1 Å². The van der Waals surface area contributed by atoms with E-state index in [1.165, 1.54) is 0 Å². The standard InChI is InChI=1S/C17H20ClN3O2.HI/c1-22-15-7-6-14(11-16(15)23-2)21-17(19)20-9-8-12-4-3-5-13(18)10-12;/h3-7,10-11H,8-9H2,1-2H3,(H3,19,20,21);1H. The molecule has 0 radical (unpaired) electrons. The quantitative estimate of drug-likeness (QED) is 0.388. The summed E-state index contributed by atoms with van der Waals surface area (Å²) >= 11 is 5.95. The van der Waals surface area contributed by atoms with E-state index in [0.717, 1.165) is 22.7 Å². The SMILES string of the molecule is COc1ccc(NC(N)=NCCc2cccc(Cl)c2)cc1OC.I. The number of rotatable bonds is 6. The number of hydrogen-bond acceptors (Lipinski definition) is 3. The summed E-state index contributed by atoms with van der Waals surface area (Å²) in [5.41, 5.74) is 7.81. The minimum Gasteiger partial charge on any atom is -0.493 e. The summed E-state index contributed by atoms with van der Waals surface area (Å²) in [7, 11) is 3.18. The second-order valence-electron chi connectivity index (χ2n) is 4.84. The lowest BCUT2D eigenvalue weighted by molar-refractivity contribution is 0.355. The van der Waals surface area contributed by atoms with E-state index in [1.54, 1.807) is 26.4 Å². The minimum atomic E-state index is 0. The number of halogens is 2. The number of ether oxygens (including phenoxy) is 2. The predicted octanol–water partition coefficient (Wildman–Crippen LogP) is 3.94. The van der Waals surface area contributed by atoms with Crippen LogP contribution in [0.15, 0.2) is 47.5 Å². The Morgan fingerprint density at radius 3 is 2.54 bits per heavy atom. The zero-order chi connectivity index (χ0) is 16.7. The Morgan fingerprint density at radius 2 is 1.88 bits per heavy atom. The summed E-state index contributed by atoms with van der Waals surface area (Å²) in [5.74, 6) is 1.64. The van der Waals surface area contributed by atoms with E-state index in [0.29, 0.717) is 24.0 Å². The van der Waals surface area contributed by atoms with Gasteiger partial charge < -0.3 is 20.5 Å². The molecule has 0 unspecified atom stereocenters. The van der Waals surface area contributed by atoms with E-state index >= 15 is 0 Å². The molecule has 0 bridgehead atoms. The van der Waals surface area contributed by atoms with Gasteiger partial charge in [0.25, 0.3) is 0 Å². The van der Waals surface area contributed by atoms with Gasteiger partial charge in [0.2, 0.25) is 0 Å². The summed E-state index contributed by atoms with van der Waals surface area (Å²) < 4.78 is 10.4. The smallest absolute Gasteiger partial charge is 0.193 e. The van der Waals surface area contributed by atoms with Crippen molar-refractivity contribution in [2.75, 3.05) is 26.1 Å². The molecule has 2 rings (SSSR count). The van der Waals surface area contributed by atoms with Crippen LogP contribution in [0.4, 0.5) is 5.69 Å². The second-order valence-corrected chi connectivity index (χ2v) is 5.28. The number of anilines is 1. The Labute approximate surface area is 164 Å². The van der Waals surface area contributed by atoms with E-state index in [2.05, 4.69) is 10.3 Å². The molecule has 2 aromatic carbocycles. The fourth-order valence-electron chi connectivity index (χ4n) is 2.10. The van der Waals surface area contributed by atoms with E-state index in [1.807, 2.05) is 30.3 Å². The first-order valence-electron chi connectivity index (χ1n) is 7.16. The molecule has 0 spiro atoms. The zero-order valence-corrected chi connectivity index (χ0v) is 16.7. The van der Waals surface area contributed by atoms with Crippen LogP contribution in [0, 0.1) is 0 Å². The first-order valence-corrected chi connectivity index (χ1v) is 7.53. The fourth-order valence-corrected chi connectivity index (χ4v) is 2.31. The Balaban J connectivity index is 0.00000288. The molecule has 0 aliphatic carbocycles. The molecule has 0 saturated carbocycles. The number of nitrogens with zero attached hydrogens (tertiary/aromatic N) is 1. The molecule has 0 amide bonds. The Kier molecular flexibility index (Phi) is 8.70. The highest BCUT2D eigenvalue weighted by molar-refractivity contribution is 14.0. The zero-order valence-electron chi connectivity index (χ0n) is 13.6. The topological polar surface area (TPSA) is 68.9 Å². The number of methoxy groups -OCH3 is 2. The first-order chi connectivity index (χ1) is 11.1. The number of nitrogens with one attached hydrogen (secondary N) is 1. The van der Waals surface area contributed by atoms with Crippen LogP contribution in [0.25, 0.3) is 0 Å². The molecule has 24 heavy (non-hydrogen) atoms. The van der Waals surface area contributed by atoms with Crippen molar-refractivity contribution in [1.29, 1.82) is 0 Å². The van der Waals surface area contributed by atoms with Gasteiger partial charge in [-0.15, -0.1) is 24.0 Å². The molecule has 7 heteroatoms. The van der Waals surface area contributed by atoms with Crippen molar-refractivity contribution in [2.24, 2.45) is 10.7 Å². The number of hydrogen-bond donors (Lipinski definition) is 2. The lowest BCUT2D eigenvalue weighted by atomic mass is 10.1. The van der Waals surface area contributed by atoms with Crippen molar-refractivity contribution >= 4 is 47.2 Å². The van der Waals surface area contributed by atoms with Crippen LogP contribution in [0.2, 0.25) is 5.02 Å². The molecular weight excluding hydrogens is 441 g/mol. The van der Waals surface area contributed by atoms with Crippen LogP contribution in [0.3, 0.4) is 0 Å². The van der Waals surface area contributed by atoms with Crippen LogP contribution in [0.5, 0.6) is 11.5 Å². The third kappa shape index (κ3) is 6.09. The lowest BCUT2D eigenvalue weighted by Gasteiger charge is -2.11. The Morgan fingerprint density at radius 1 is 1.12 bits per heavy atom. The maximum absolute atomic E-state index is 5.95. The molecule has 0 saturated heterocycles. The van der Waals surface area contributed by atoms with Crippen molar-refractivity contribution in [1.82, 2.24) is 0 Å². The van der Waals surface area contributed by atoms with Crippen molar-refractivity contribution < 1.29 is 9.47 Å². The summed E-state index contributed by atoms with van der Waals surface area (Å²) in [6.07, 6.45) is 0.773. The highest BCUT2D eigenvalue weighted by atomic mass is 127. The van der Waals surface area contributed by atoms with E-state index in [4.69, 9.17) is 26.8 Å². The molecule has 130 valence electrons.